The van der Waals surface area contributed by atoms with Gasteiger partial charge in [0.05, 0.1) is 0 Å². The van der Waals surface area contributed by atoms with E-state index in [9.17, 15) is 4.79 Å². The summed E-state index contributed by atoms with van der Waals surface area (Å²) in [5.74, 6) is 2.07. The summed E-state index contributed by atoms with van der Waals surface area (Å²) in [6.07, 6.45) is 8.24. The molecule has 1 saturated carbocycles. The molecule has 0 radical (unpaired) electrons. The highest BCUT2D eigenvalue weighted by Crippen LogP contribution is 2.31. The van der Waals surface area contributed by atoms with Crippen LogP contribution in [0.2, 0.25) is 0 Å². The number of likely N-dealkylation sites (tertiary alicyclic amines) is 1. The van der Waals surface area contributed by atoms with Gasteiger partial charge in [0.25, 0.3) is 0 Å². The van der Waals surface area contributed by atoms with E-state index >= 15 is 0 Å². The molecule has 0 aromatic carbocycles. The summed E-state index contributed by atoms with van der Waals surface area (Å²) >= 11 is 0. The van der Waals surface area contributed by atoms with Crippen LogP contribution >= 0.6 is 0 Å². The monoisotopic (exact) mass is 266 g/mol. The van der Waals surface area contributed by atoms with Crippen molar-refractivity contribution in [1.29, 1.82) is 0 Å². The van der Waals surface area contributed by atoms with Crippen molar-refractivity contribution in [3.63, 3.8) is 0 Å². The molecule has 0 unspecified atom stereocenters. The zero-order valence-electron chi connectivity index (χ0n) is 12.7. The fourth-order valence-electron chi connectivity index (χ4n) is 3.72. The predicted molar refractivity (Wildman–Crippen MR) is 79.0 cm³/mol. The van der Waals surface area contributed by atoms with Crippen LogP contribution < -0.4 is 5.32 Å². The molecule has 1 saturated heterocycles. The highest BCUT2D eigenvalue weighted by Gasteiger charge is 2.26. The van der Waals surface area contributed by atoms with Crippen LogP contribution in [0.1, 0.15) is 58.8 Å². The average molecular weight is 266 g/mol. The molecule has 1 aliphatic heterocycles. The maximum atomic E-state index is 11.7. The number of rotatable bonds is 5. The van der Waals surface area contributed by atoms with Crippen molar-refractivity contribution >= 4 is 5.91 Å². The van der Waals surface area contributed by atoms with Gasteiger partial charge >= 0.3 is 0 Å². The van der Waals surface area contributed by atoms with Crippen LogP contribution in [-0.2, 0) is 4.79 Å². The van der Waals surface area contributed by atoms with Crippen LogP contribution in [0, 0.1) is 11.8 Å². The van der Waals surface area contributed by atoms with Crippen molar-refractivity contribution in [1.82, 2.24) is 10.2 Å². The van der Waals surface area contributed by atoms with Gasteiger partial charge in [0, 0.05) is 25.6 Å². The Morgan fingerprint density at radius 2 is 2.16 bits per heavy atom. The van der Waals surface area contributed by atoms with Crippen molar-refractivity contribution in [3.8, 4) is 0 Å². The lowest BCUT2D eigenvalue weighted by Crippen LogP contribution is -2.48. The first-order chi connectivity index (χ1) is 9.17. The van der Waals surface area contributed by atoms with E-state index in [2.05, 4.69) is 24.1 Å². The SMILES string of the molecule is CCCC(=O)N[C@@H]1CCCN(C[C@H]2CC[C@@H](C)C2)C1. The van der Waals surface area contributed by atoms with Gasteiger partial charge in [-0.05, 0) is 50.5 Å². The molecule has 3 nitrogen and oxygen atoms in total. The van der Waals surface area contributed by atoms with Gasteiger partial charge in [0.1, 0.15) is 0 Å². The van der Waals surface area contributed by atoms with E-state index in [1.54, 1.807) is 0 Å². The summed E-state index contributed by atoms with van der Waals surface area (Å²) in [7, 11) is 0. The Kier molecular flexibility index (Phi) is 5.68. The van der Waals surface area contributed by atoms with Gasteiger partial charge in [-0.3, -0.25) is 4.79 Å². The van der Waals surface area contributed by atoms with E-state index in [4.69, 9.17) is 0 Å². The molecular formula is C16H30N2O. The molecule has 2 fully saturated rings. The summed E-state index contributed by atoms with van der Waals surface area (Å²) in [5.41, 5.74) is 0. The van der Waals surface area contributed by atoms with Crippen LogP contribution in [0.25, 0.3) is 0 Å². The molecule has 19 heavy (non-hydrogen) atoms. The van der Waals surface area contributed by atoms with Crippen LogP contribution in [0.3, 0.4) is 0 Å². The predicted octanol–water partition coefficient (Wildman–Crippen LogP) is 2.80. The lowest BCUT2D eigenvalue weighted by molar-refractivity contribution is -0.122. The fraction of sp³-hybridized carbons (Fsp3) is 0.938. The maximum absolute atomic E-state index is 11.7. The highest BCUT2D eigenvalue weighted by molar-refractivity contribution is 5.76. The number of carbonyl (C=O) groups excluding carboxylic acids is 1. The number of hydrogen-bond acceptors (Lipinski definition) is 2. The average Bonchev–Trinajstić information content (AvgIpc) is 2.75. The van der Waals surface area contributed by atoms with E-state index in [-0.39, 0.29) is 5.91 Å². The second kappa shape index (κ2) is 7.28. The molecule has 0 spiro atoms. The number of amides is 1. The van der Waals surface area contributed by atoms with Crippen molar-refractivity contribution < 1.29 is 4.79 Å². The van der Waals surface area contributed by atoms with E-state index < -0.39 is 0 Å². The Morgan fingerprint density at radius 3 is 2.84 bits per heavy atom. The molecule has 0 aromatic heterocycles. The quantitative estimate of drug-likeness (QED) is 0.830. The number of nitrogens with one attached hydrogen (secondary N) is 1. The molecule has 0 aromatic rings. The molecule has 1 N–H and O–H groups in total. The first kappa shape index (κ1) is 14.8. The Bertz CT molecular complexity index is 292. The lowest BCUT2D eigenvalue weighted by atomic mass is 10.0. The third kappa shape index (κ3) is 4.79. The second-order valence-electron chi connectivity index (χ2n) is 6.70. The topological polar surface area (TPSA) is 32.3 Å². The minimum absolute atomic E-state index is 0.240. The van der Waals surface area contributed by atoms with Crippen LogP contribution in [0.5, 0.6) is 0 Å². The molecule has 3 atom stereocenters. The Balaban J connectivity index is 1.72. The van der Waals surface area contributed by atoms with Crippen molar-refractivity contribution in [2.24, 2.45) is 11.8 Å². The summed E-state index contributed by atoms with van der Waals surface area (Å²) in [5, 5.41) is 3.20. The summed E-state index contributed by atoms with van der Waals surface area (Å²) in [4.78, 5) is 14.3. The first-order valence-electron chi connectivity index (χ1n) is 8.19. The van der Waals surface area contributed by atoms with Crippen molar-refractivity contribution in [2.45, 2.75) is 64.8 Å². The fourth-order valence-corrected chi connectivity index (χ4v) is 3.72. The van der Waals surface area contributed by atoms with Crippen molar-refractivity contribution in [2.75, 3.05) is 19.6 Å². The third-order valence-corrected chi connectivity index (χ3v) is 4.67. The molecule has 2 aliphatic rings. The number of piperidine rings is 1. The lowest BCUT2D eigenvalue weighted by Gasteiger charge is -2.34. The molecule has 0 bridgehead atoms. The van der Waals surface area contributed by atoms with E-state index in [0.717, 1.165) is 31.2 Å². The minimum Gasteiger partial charge on any atom is -0.352 e. The standard InChI is InChI=1S/C16H30N2O/c1-3-5-16(19)17-15-6-4-9-18(12-15)11-14-8-7-13(2)10-14/h13-15H,3-12H2,1-2H3,(H,17,19)/t13-,14+,15-/m1/s1. The van der Waals surface area contributed by atoms with E-state index in [0.29, 0.717) is 12.5 Å². The number of hydrogen-bond donors (Lipinski definition) is 1. The molecule has 1 aliphatic carbocycles. The molecule has 3 heteroatoms. The van der Waals surface area contributed by atoms with Gasteiger partial charge < -0.3 is 10.2 Å². The largest absolute Gasteiger partial charge is 0.352 e. The van der Waals surface area contributed by atoms with Gasteiger partial charge in [-0.2, -0.15) is 0 Å². The van der Waals surface area contributed by atoms with Crippen LogP contribution in [0.4, 0.5) is 0 Å². The van der Waals surface area contributed by atoms with E-state index in [1.807, 2.05) is 0 Å². The van der Waals surface area contributed by atoms with Crippen LogP contribution in [-0.4, -0.2) is 36.5 Å². The van der Waals surface area contributed by atoms with Crippen molar-refractivity contribution in [3.05, 3.63) is 0 Å². The summed E-state index contributed by atoms with van der Waals surface area (Å²) in [6, 6.07) is 0.395. The smallest absolute Gasteiger partial charge is 0.220 e. The first-order valence-corrected chi connectivity index (χ1v) is 8.19. The van der Waals surface area contributed by atoms with E-state index in [1.165, 1.54) is 38.8 Å². The zero-order chi connectivity index (χ0) is 13.7. The Morgan fingerprint density at radius 1 is 1.32 bits per heavy atom. The normalized spacial score (nSPS) is 32.4. The number of carbonyl (C=O) groups is 1. The van der Waals surface area contributed by atoms with Gasteiger partial charge in [0.2, 0.25) is 5.91 Å². The minimum atomic E-state index is 0.240. The Labute approximate surface area is 118 Å². The third-order valence-electron chi connectivity index (χ3n) is 4.67. The van der Waals surface area contributed by atoms with Crippen LogP contribution in [0.15, 0.2) is 0 Å². The highest BCUT2D eigenvalue weighted by atomic mass is 16.1. The zero-order valence-corrected chi connectivity index (χ0v) is 12.7. The molecule has 1 heterocycles. The van der Waals surface area contributed by atoms with Gasteiger partial charge in [0.15, 0.2) is 0 Å². The molecular weight excluding hydrogens is 236 g/mol. The molecule has 110 valence electrons. The maximum Gasteiger partial charge on any atom is 0.220 e. The number of nitrogens with zero attached hydrogens (tertiary/aromatic N) is 1. The summed E-state index contributed by atoms with van der Waals surface area (Å²) in [6.45, 7) is 7.99. The van der Waals surface area contributed by atoms with Gasteiger partial charge in [-0.25, -0.2) is 0 Å². The van der Waals surface area contributed by atoms with Gasteiger partial charge in [-0.1, -0.05) is 20.3 Å². The summed E-state index contributed by atoms with van der Waals surface area (Å²) < 4.78 is 0. The Hall–Kier alpha value is -0.570. The second-order valence-corrected chi connectivity index (χ2v) is 6.70. The molecule has 1 amide bonds. The van der Waals surface area contributed by atoms with Gasteiger partial charge in [-0.15, -0.1) is 0 Å². The molecule has 2 rings (SSSR count).